The quantitative estimate of drug-likeness (QED) is 0.876. The van der Waals surface area contributed by atoms with Gasteiger partial charge in [0.2, 0.25) is 0 Å². The van der Waals surface area contributed by atoms with E-state index in [1.165, 1.54) is 22.6 Å². The molecule has 0 saturated heterocycles. The predicted molar refractivity (Wildman–Crippen MR) is 78.1 cm³/mol. The smallest absolute Gasteiger partial charge is 0.0771 e. The van der Waals surface area contributed by atoms with E-state index in [4.69, 9.17) is 0 Å². The predicted octanol–water partition coefficient (Wildman–Crippen LogP) is 3.44. The molecule has 0 spiro atoms. The van der Waals surface area contributed by atoms with Gasteiger partial charge in [-0.2, -0.15) is 0 Å². The number of hydrogen-bond donors (Lipinski definition) is 2. The van der Waals surface area contributed by atoms with Crippen molar-refractivity contribution in [2.24, 2.45) is 0 Å². The van der Waals surface area contributed by atoms with Gasteiger partial charge in [0.05, 0.1) is 5.60 Å². The van der Waals surface area contributed by atoms with Crippen LogP contribution in [-0.4, -0.2) is 17.3 Å². The summed E-state index contributed by atoms with van der Waals surface area (Å²) in [6, 6.07) is 4.43. The van der Waals surface area contributed by atoms with Gasteiger partial charge in [-0.1, -0.05) is 33.6 Å². The molecule has 0 aromatic carbocycles. The second kappa shape index (κ2) is 5.32. The van der Waals surface area contributed by atoms with Crippen molar-refractivity contribution >= 4 is 11.3 Å². The van der Waals surface area contributed by atoms with E-state index < -0.39 is 5.60 Å². The molecular weight excluding hydrogens is 242 g/mol. The number of nitrogens with one attached hydrogen (secondary N) is 1. The van der Waals surface area contributed by atoms with Gasteiger partial charge in [0.25, 0.3) is 0 Å². The van der Waals surface area contributed by atoms with Gasteiger partial charge in [0.1, 0.15) is 0 Å². The van der Waals surface area contributed by atoms with Crippen molar-refractivity contribution in [1.29, 1.82) is 0 Å². The van der Waals surface area contributed by atoms with Crippen molar-refractivity contribution in [2.45, 2.75) is 64.0 Å². The molecule has 1 aromatic heterocycles. The van der Waals surface area contributed by atoms with E-state index >= 15 is 0 Å². The second-order valence-electron chi connectivity index (χ2n) is 6.55. The summed E-state index contributed by atoms with van der Waals surface area (Å²) < 4.78 is 0. The first kappa shape index (κ1) is 14.0. The Morgan fingerprint density at radius 1 is 1.28 bits per heavy atom. The standard InChI is InChI=1S/C15H25NOS/c1-14(2,3)13-7-6-12(18-13)10-16-11-15(17)8-4-5-9-15/h6-7,16-17H,4-5,8-11H2,1-3H3. The largest absolute Gasteiger partial charge is 0.389 e. The molecule has 3 heteroatoms. The third kappa shape index (κ3) is 3.56. The van der Waals surface area contributed by atoms with Gasteiger partial charge >= 0.3 is 0 Å². The molecule has 1 saturated carbocycles. The minimum atomic E-state index is -0.440. The van der Waals surface area contributed by atoms with Gasteiger partial charge in [-0.15, -0.1) is 11.3 Å². The third-order valence-electron chi connectivity index (χ3n) is 3.69. The highest BCUT2D eigenvalue weighted by atomic mass is 32.1. The lowest BCUT2D eigenvalue weighted by atomic mass is 9.95. The molecule has 1 fully saturated rings. The van der Waals surface area contributed by atoms with Crippen molar-refractivity contribution in [1.82, 2.24) is 5.32 Å². The molecule has 0 bridgehead atoms. The van der Waals surface area contributed by atoms with Crippen LogP contribution in [0.15, 0.2) is 12.1 Å². The lowest BCUT2D eigenvalue weighted by molar-refractivity contribution is 0.0475. The topological polar surface area (TPSA) is 32.3 Å². The maximum Gasteiger partial charge on any atom is 0.0771 e. The number of hydrogen-bond acceptors (Lipinski definition) is 3. The van der Waals surface area contributed by atoms with Gasteiger partial charge in [0.15, 0.2) is 0 Å². The van der Waals surface area contributed by atoms with Crippen molar-refractivity contribution in [2.75, 3.05) is 6.54 Å². The van der Waals surface area contributed by atoms with Crippen LogP contribution in [0.1, 0.15) is 56.2 Å². The third-order valence-corrected chi connectivity index (χ3v) is 5.20. The number of rotatable bonds is 4. The van der Waals surface area contributed by atoms with Crippen LogP contribution in [-0.2, 0) is 12.0 Å². The fourth-order valence-electron chi connectivity index (χ4n) is 2.50. The molecular formula is C15H25NOS. The van der Waals surface area contributed by atoms with Crippen molar-refractivity contribution in [3.05, 3.63) is 21.9 Å². The number of thiophene rings is 1. The molecule has 0 amide bonds. The van der Waals surface area contributed by atoms with Crippen LogP contribution in [0.3, 0.4) is 0 Å². The van der Waals surface area contributed by atoms with Crippen LogP contribution in [0.5, 0.6) is 0 Å². The van der Waals surface area contributed by atoms with Gasteiger partial charge in [0, 0.05) is 22.8 Å². The Balaban J connectivity index is 1.82. The van der Waals surface area contributed by atoms with Gasteiger partial charge in [-0.3, -0.25) is 0 Å². The van der Waals surface area contributed by atoms with E-state index in [9.17, 15) is 5.11 Å². The second-order valence-corrected chi connectivity index (χ2v) is 7.72. The summed E-state index contributed by atoms with van der Waals surface area (Å²) in [5, 5.41) is 13.7. The fraction of sp³-hybridized carbons (Fsp3) is 0.733. The van der Waals surface area contributed by atoms with Gasteiger partial charge in [-0.05, 0) is 30.4 Å². The summed E-state index contributed by atoms with van der Waals surface area (Å²) in [5.41, 5.74) is -0.198. The van der Waals surface area contributed by atoms with Crippen molar-refractivity contribution in [3.8, 4) is 0 Å². The molecule has 1 aliphatic carbocycles. The molecule has 2 rings (SSSR count). The minimum absolute atomic E-state index is 0.243. The van der Waals surface area contributed by atoms with Gasteiger partial charge < -0.3 is 10.4 Å². The monoisotopic (exact) mass is 267 g/mol. The lowest BCUT2D eigenvalue weighted by Crippen LogP contribution is -2.37. The molecule has 1 heterocycles. The summed E-state index contributed by atoms with van der Waals surface area (Å²) in [4.78, 5) is 2.79. The molecule has 18 heavy (non-hydrogen) atoms. The summed E-state index contributed by atoms with van der Waals surface area (Å²) in [7, 11) is 0. The molecule has 1 aliphatic rings. The van der Waals surface area contributed by atoms with E-state index in [0.717, 1.165) is 25.9 Å². The summed E-state index contributed by atoms with van der Waals surface area (Å²) >= 11 is 1.88. The number of aliphatic hydroxyl groups is 1. The maximum absolute atomic E-state index is 10.2. The molecule has 2 nitrogen and oxygen atoms in total. The highest BCUT2D eigenvalue weighted by Gasteiger charge is 2.30. The first-order valence-electron chi connectivity index (χ1n) is 6.91. The van der Waals surface area contributed by atoms with Crippen molar-refractivity contribution < 1.29 is 5.11 Å². The normalized spacial score (nSPS) is 19.3. The molecule has 102 valence electrons. The SMILES string of the molecule is CC(C)(C)c1ccc(CNCC2(O)CCCC2)s1. The van der Waals surface area contributed by atoms with E-state index in [-0.39, 0.29) is 5.41 Å². The summed E-state index contributed by atoms with van der Waals surface area (Å²) in [6.07, 6.45) is 4.26. The van der Waals surface area contributed by atoms with E-state index in [0.29, 0.717) is 0 Å². The van der Waals surface area contributed by atoms with Crippen LogP contribution in [0.4, 0.5) is 0 Å². The Morgan fingerprint density at radius 3 is 2.50 bits per heavy atom. The molecule has 1 aromatic rings. The van der Waals surface area contributed by atoms with E-state index in [2.05, 4.69) is 38.2 Å². The first-order valence-corrected chi connectivity index (χ1v) is 7.73. The summed E-state index contributed by atoms with van der Waals surface area (Å²) in [6.45, 7) is 8.35. The Labute approximate surface area is 114 Å². The Morgan fingerprint density at radius 2 is 1.94 bits per heavy atom. The van der Waals surface area contributed by atoms with Crippen LogP contribution in [0.25, 0.3) is 0 Å². The van der Waals surface area contributed by atoms with Crippen LogP contribution >= 0.6 is 11.3 Å². The zero-order chi connectivity index (χ0) is 13.2. The van der Waals surface area contributed by atoms with Gasteiger partial charge in [-0.25, -0.2) is 0 Å². The Kier molecular flexibility index (Phi) is 4.15. The average Bonchev–Trinajstić information content (AvgIpc) is 2.87. The lowest BCUT2D eigenvalue weighted by Gasteiger charge is -2.22. The highest BCUT2D eigenvalue weighted by molar-refractivity contribution is 7.12. The Bertz CT molecular complexity index is 385. The van der Waals surface area contributed by atoms with Crippen LogP contribution < -0.4 is 5.32 Å². The maximum atomic E-state index is 10.2. The molecule has 0 aliphatic heterocycles. The molecule has 0 radical (unpaired) electrons. The van der Waals surface area contributed by atoms with E-state index in [1.54, 1.807) is 0 Å². The first-order chi connectivity index (χ1) is 8.39. The average molecular weight is 267 g/mol. The molecule has 0 atom stereocenters. The Hall–Kier alpha value is -0.380. The minimum Gasteiger partial charge on any atom is -0.389 e. The van der Waals surface area contributed by atoms with Crippen molar-refractivity contribution in [3.63, 3.8) is 0 Å². The highest BCUT2D eigenvalue weighted by Crippen LogP contribution is 2.30. The van der Waals surface area contributed by atoms with Crippen LogP contribution in [0.2, 0.25) is 0 Å². The zero-order valence-electron chi connectivity index (χ0n) is 11.8. The summed E-state index contributed by atoms with van der Waals surface area (Å²) in [5.74, 6) is 0. The van der Waals surface area contributed by atoms with E-state index in [1.807, 2.05) is 11.3 Å². The fourth-order valence-corrected chi connectivity index (χ4v) is 3.54. The molecule has 0 unspecified atom stereocenters. The van der Waals surface area contributed by atoms with Crippen LogP contribution in [0, 0.1) is 0 Å². The molecule has 2 N–H and O–H groups in total. The zero-order valence-corrected chi connectivity index (χ0v) is 12.6.